The molecule has 2 rings (SSSR count). The lowest BCUT2D eigenvalue weighted by Crippen LogP contribution is -2.30. The van der Waals surface area contributed by atoms with Gasteiger partial charge in [0.2, 0.25) is 0 Å². The molecule has 5 nitrogen and oxygen atoms in total. The van der Waals surface area contributed by atoms with Crippen LogP contribution in [0.5, 0.6) is 0 Å². The van der Waals surface area contributed by atoms with Crippen LogP contribution < -0.4 is 11.4 Å². The van der Waals surface area contributed by atoms with Gasteiger partial charge in [-0.2, -0.15) is 4.68 Å². The van der Waals surface area contributed by atoms with Gasteiger partial charge in [0.1, 0.15) is 11.5 Å². The lowest BCUT2D eigenvalue weighted by Gasteiger charge is -2.04. The molecule has 0 saturated carbocycles. The van der Waals surface area contributed by atoms with Crippen LogP contribution in [0.25, 0.3) is 5.69 Å². The molecule has 2 aromatic rings. The third-order valence-corrected chi connectivity index (χ3v) is 2.73. The molecule has 18 heavy (non-hydrogen) atoms. The van der Waals surface area contributed by atoms with Crippen LogP contribution in [-0.2, 0) is 0 Å². The normalized spacial score (nSPS) is 11.2. The van der Waals surface area contributed by atoms with Crippen molar-refractivity contribution in [2.75, 3.05) is 0 Å². The molecule has 96 valence electrons. The van der Waals surface area contributed by atoms with Crippen LogP contribution in [-0.4, -0.2) is 14.3 Å². The highest BCUT2D eigenvalue weighted by atomic mass is 35.5. The van der Waals surface area contributed by atoms with Crippen molar-refractivity contribution >= 4 is 11.6 Å². The third-order valence-electron chi connectivity index (χ3n) is 2.49. The van der Waals surface area contributed by atoms with Crippen LogP contribution in [0.1, 0.15) is 19.9 Å². The molecular weight excluding hydrogens is 261 g/mol. The first-order valence-corrected chi connectivity index (χ1v) is 5.68. The number of hydrogen-bond donors (Lipinski definition) is 1. The van der Waals surface area contributed by atoms with Crippen molar-refractivity contribution in [3.05, 3.63) is 50.0 Å². The third kappa shape index (κ3) is 1.99. The zero-order valence-corrected chi connectivity index (χ0v) is 10.5. The Morgan fingerprint density at radius 2 is 2.00 bits per heavy atom. The molecule has 0 bridgehead atoms. The van der Waals surface area contributed by atoms with Gasteiger partial charge < -0.3 is 0 Å². The summed E-state index contributed by atoms with van der Waals surface area (Å²) in [5, 5.41) is 2.52. The highest BCUT2D eigenvalue weighted by Gasteiger charge is 2.15. The number of rotatable bonds is 2. The summed E-state index contributed by atoms with van der Waals surface area (Å²) in [4.78, 5) is 23.6. The Bertz CT molecular complexity index is 699. The zero-order chi connectivity index (χ0) is 13.4. The van der Waals surface area contributed by atoms with Crippen molar-refractivity contribution in [1.29, 1.82) is 0 Å². The molecule has 0 radical (unpaired) electrons. The number of nitrogens with zero attached hydrogens (tertiary/aromatic N) is 2. The molecule has 0 saturated heterocycles. The summed E-state index contributed by atoms with van der Waals surface area (Å²) < 4.78 is 15.6. The van der Waals surface area contributed by atoms with Gasteiger partial charge in [0.15, 0.2) is 0 Å². The average Bonchev–Trinajstić information content (AvgIpc) is 2.54. The van der Waals surface area contributed by atoms with Gasteiger partial charge in [-0.3, -0.25) is 0 Å². The Hall–Kier alpha value is -1.82. The molecule has 1 N–H and O–H groups in total. The summed E-state index contributed by atoms with van der Waals surface area (Å²) >= 11 is 5.63. The minimum absolute atomic E-state index is 0.0408. The van der Waals surface area contributed by atoms with Crippen LogP contribution in [0.2, 0.25) is 5.02 Å². The summed E-state index contributed by atoms with van der Waals surface area (Å²) in [7, 11) is 0. The quantitative estimate of drug-likeness (QED) is 0.904. The minimum Gasteiger partial charge on any atom is -0.246 e. The molecule has 1 aromatic carbocycles. The topological polar surface area (TPSA) is 59.8 Å². The van der Waals surface area contributed by atoms with Gasteiger partial charge in [-0.05, 0) is 32.0 Å². The fourth-order valence-electron chi connectivity index (χ4n) is 1.67. The number of aromatic amines is 1. The number of nitrogens with one attached hydrogen (secondary N) is 1. The van der Waals surface area contributed by atoms with E-state index in [2.05, 4.69) is 5.10 Å². The molecule has 1 aromatic heterocycles. The zero-order valence-electron chi connectivity index (χ0n) is 9.78. The van der Waals surface area contributed by atoms with Crippen molar-refractivity contribution in [3.63, 3.8) is 0 Å². The Morgan fingerprint density at radius 1 is 1.33 bits per heavy atom. The smallest absolute Gasteiger partial charge is 0.246 e. The summed E-state index contributed by atoms with van der Waals surface area (Å²) in [5.41, 5.74) is -1.23. The van der Waals surface area contributed by atoms with Crippen molar-refractivity contribution in [3.8, 4) is 5.69 Å². The van der Waals surface area contributed by atoms with E-state index >= 15 is 0 Å². The van der Waals surface area contributed by atoms with Crippen LogP contribution in [0.15, 0.2) is 27.8 Å². The monoisotopic (exact) mass is 271 g/mol. The molecule has 0 aliphatic rings. The van der Waals surface area contributed by atoms with Gasteiger partial charge in [-0.15, -0.1) is 0 Å². The van der Waals surface area contributed by atoms with E-state index in [1.165, 1.54) is 12.1 Å². The SMILES string of the molecule is CC(C)n1c(=O)[nH]n(-c2ccc(Cl)cc2F)c1=O. The molecule has 0 fully saturated rings. The largest absolute Gasteiger partial charge is 0.352 e. The van der Waals surface area contributed by atoms with E-state index < -0.39 is 17.2 Å². The molecule has 0 atom stereocenters. The van der Waals surface area contributed by atoms with Gasteiger partial charge in [-0.1, -0.05) is 11.6 Å². The van der Waals surface area contributed by atoms with Gasteiger partial charge in [0.25, 0.3) is 0 Å². The first-order valence-electron chi connectivity index (χ1n) is 5.31. The van der Waals surface area contributed by atoms with E-state index in [1.54, 1.807) is 13.8 Å². The van der Waals surface area contributed by atoms with Crippen molar-refractivity contribution in [2.24, 2.45) is 0 Å². The molecule has 0 aliphatic heterocycles. The van der Waals surface area contributed by atoms with Crippen LogP contribution in [0, 0.1) is 5.82 Å². The first-order chi connectivity index (χ1) is 8.41. The van der Waals surface area contributed by atoms with Gasteiger partial charge in [0.05, 0.1) is 0 Å². The highest BCUT2D eigenvalue weighted by Crippen LogP contribution is 2.16. The second kappa shape index (κ2) is 4.45. The second-order valence-corrected chi connectivity index (χ2v) is 4.53. The van der Waals surface area contributed by atoms with Crippen LogP contribution in [0.3, 0.4) is 0 Å². The van der Waals surface area contributed by atoms with Gasteiger partial charge in [-0.25, -0.2) is 23.6 Å². The van der Waals surface area contributed by atoms with Crippen molar-refractivity contribution < 1.29 is 4.39 Å². The maximum Gasteiger partial charge on any atom is 0.352 e. The second-order valence-electron chi connectivity index (χ2n) is 4.09. The number of benzene rings is 1. The van der Waals surface area contributed by atoms with Gasteiger partial charge >= 0.3 is 11.4 Å². The molecule has 0 aliphatic carbocycles. The van der Waals surface area contributed by atoms with E-state index in [-0.39, 0.29) is 16.8 Å². The summed E-state index contributed by atoms with van der Waals surface area (Å²) in [5.74, 6) is -0.679. The molecule has 0 spiro atoms. The predicted molar refractivity (Wildman–Crippen MR) is 66.0 cm³/mol. The van der Waals surface area contributed by atoms with E-state index in [4.69, 9.17) is 11.6 Å². The Labute approximate surface area is 106 Å². The number of halogens is 2. The number of aromatic nitrogens is 3. The predicted octanol–water partition coefficient (Wildman–Crippen LogP) is 1.70. The van der Waals surface area contributed by atoms with Crippen LogP contribution >= 0.6 is 11.6 Å². The lowest BCUT2D eigenvalue weighted by molar-refractivity contribution is 0.556. The van der Waals surface area contributed by atoms with Gasteiger partial charge in [0, 0.05) is 11.1 Å². The van der Waals surface area contributed by atoms with E-state index in [0.29, 0.717) is 0 Å². The Kier molecular flexibility index (Phi) is 3.13. The highest BCUT2D eigenvalue weighted by molar-refractivity contribution is 6.30. The van der Waals surface area contributed by atoms with Crippen molar-refractivity contribution in [2.45, 2.75) is 19.9 Å². The molecule has 7 heteroatoms. The van der Waals surface area contributed by atoms with E-state index in [0.717, 1.165) is 15.3 Å². The average molecular weight is 272 g/mol. The number of hydrogen-bond acceptors (Lipinski definition) is 2. The first kappa shape index (κ1) is 12.6. The standard InChI is InChI=1S/C11H11ClFN3O2/c1-6(2)15-10(17)14-16(11(15)18)9-4-3-7(12)5-8(9)13/h3-6H,1-2H3,(H,14,17). The van der Waals surface area contributed by atoms with Crippen LogP contribution in [0.4, 0.5) is 4.39 Å². The minimum atomic E-state index is -0.679. The fourth-order valence-corrected chi connectivity index (χ4v) is 1.83. The summed E-state index contributed by atoms with van der Waals surface area (Å²) in [6.45, 7) is 3.39. The van der Waals surface area contributed by atoms with E-state index in [9.17, 15) is 14.0 Å². The Balaban J connectivity index is 2.70. The Morgan fingerprint density at radius 3 is 2.50 bits per heavy atom. The summed E-state index contributed by atoms with van der Waals surface area (Å²) in [6, 6.07) is 3.55. The maximum atomic E-state index is 13.7. The summed E-state index contributed by atoms with van der Waals surface area (Å²) in [6.07, 6.45) is 0. The maximum absolute atomic E-state index is 13.7. The molecular formula is C11H11ClFN3O2. The van der Waals surface area contributed by atoms with E-state index in [1.807, 2.05) is 0 Å². The number of H-pyrrole nitrogens is 1. The molecule has 0 amide bonds. The lowest BCUT2D eigenvalue weighted by atomic mass is 10.3. The molecule has 1 heterocycles. The molecule has 0 unspecified atom stereocenters. The fraction of sp³-hybridized carbons (Fsp3) is 0.273. The van der Waals surface area contributed by atoms with Crippen molar-refractivity contribution in [1.82, 2.24) is 14.3 Å².